The van der Waals surface area contributed by atoms with Crippen molar-refractivity contribution in [2.24, 2.45) is 0 Å². The maximum Gasteiger partial charge on any atom is 0.227 e. The molecule has 4 N–H and O–H groups in total. The number of anilines is 2. The zero-order valence-corrected chi connectivity index (χ0v) is 28.4. The number of phenols is 1. The van der Waals surface area contributed by atoms with Crippen LogP contribution in [0.25, 0.3) is 0 Å². The molecule has 0 saturated carbocycles. The number of nitrogens with zero attached hydrogens (tertiary/aromatic N) is 3. The van der Waals surface area contributed by atoms with E-state index in [1.807, 2.05) is 29.2 Å². The number of amides is 1. The molecule has 3 aromatic carbocycles. The van der Waals surface area contributed by atoms with E-state index in [2.05, 4.69) is 39.4 Å². The second-order valence-corrected chi connectivity index (χ2v) is 13.3. The van der Waals surface area contributed by atoms with Gasteiger partial charge in [0.15, 0.2) is 0 Å². The lowest BCUT2D eigenvalue weighted by atomic mass is 9.88. The summed E-state index contributed by atoms with van der Waals surface area (Å²) in [6.45, 7) is 4.14. The van der Waals surface area contributed by atoms with Crippen LogP contribution < -0.4 is 15.1 Å². The Labute approximate surface area is 293 Å². The maximum absolute atomic E-state index is 13.8. The molecular weight excluding hydrogens is 631 g/mol. The molecule has 0 bridgehead atoms. The third-order valence-corrected chi connectivity index (χ3v) is 10.4. The molecule has 10 heteroatoms. The lowest BCUT2D eigenvalue weighted by Crippen LogP contribution is -2.47. The first kappa shape index (κ1) is 34.8. The second kappa shape index (κ2) is 15.6. The van der Waals surface area contributed by atoms with E-state index in [1.165, 1.54) is 23.4 Å². The van der Waals surface area contributed by atoms with Crippen LogP contribution in [-0.2, 0) is 9.59 Å². The quantitative estimate of drug-likeness (QED) is 0.136. The maximum atomic E-state index is 13.8. The SMILES string of the molecule is CNC(=O)C(CCC=O)c1ccc(N2CCC(N3CCC(c4ccc(N5C=CC(=N)/C5=C\C(=N)c5cc(F)ccc5O)cc4)CC3)CC2)cc1. The zero-order chi connectivity index (χ0) is 35.2. The minimum Gasteiger partial charge on any atom is -0.507 e. The highest BCUT2D eigenvalue weighted by atomic mass is 19.1. The summed E-state index contributed by atoms with van der Waals surface area (Å²) in [5.74, 6) is -0.606. The number of rotatable bonds is 11. The molecule has 0 aliphatic carbocycles. The largest absolute Gasteiger partial charge is 0.507 e. The monoisotopic (exact) mass is 676 g/mol. The second-order valence-electron chi connectivity index (χ2n) is 13.3. The molecule has 9 nitrogen and oxygen atoms in total. The van der Waals surface area contributed by atoms with Crippen molar-refractivity contribution in [3.05, 3.63) is 113 Å². The highest BCUT2D eigenvalue weighted by molar-refractivity contribution is 6.19. The predicted octanol–water partition coefficient (Wildman–Crippen LogP) is 6.49. The van der Waals surface area contributed by atoms with Gasteiger partial charge in [0.25, 0.3) is 0 Å². The number of allylic oxidation sites excluding steroid dienone is 2. The molecule has 0 radical (unpaired) electrons. The number of likely N-dealkylation sites (tertiary alicyclic amines) is 1. The fourth-order valence-electron chi connectivity index (χ4n) is 7.53. The smallest absolute Gasteiger partial charge is 0.227 e. The van der Waals surface area contributed by atoms with Crippen molar-refractivity contribution in [3.8, 4) is 5.75 Å². The molecule has 3 aromatic rings. The van der Waals surface area contributed by atoms with Gasteiger partial charge < -0.3 is 35.3 Å². The average molecular weight is 677 g/mol. The Bertz CT molecular complexity index is 1770. The molecule has 260 valence electrons. The topological polar surface area (TPSA) is 124 Å². The highest BCUT2D eigenvalue weighted by Crippen LogP contribution is 2.34. The fraction of sp³-hybridized carbons (Fsp3) is 0.350. The summed E-state index contributed by atoms with van der Waals surface area (Å²) in [5.41, 5.74) is 5.03. The summed E-state index contributed by atoms with van der Waals surface area (Å²) in [6.07, 6.45) is 11.1. The molecule has 3 heterocycles. The van der Waals surface area contributed by atoms with Crippen LogP contribution in [0.1, 0.15) is 67.1 Å². The predicted molar refractivity (Wildman–Crippen MR) is 196 cm³/mol. The van der Waals surface area contributed by atoms with Crippen molar-refractivity contribution in [1.29, 1.82) is 10.8 Å². The first-order chi connectivity index (χ1) is 24.2. The summed E-state index contributed by atoms with van der Waals surface area (Å²) < 4.78 is 13.8. The normalized spacial score (nSPS) is 18.8. The molecule has 3 aliphatic rings. The van der Waals surface area contributed by atoms with Crippen LogP contribution >= 0.6 is 0 Å². The lowest BCUT2D eigenvalue weighted by Gasteiger charge is -2.42. The first-order valence-corrected chi connectivity index (χ1v) is 17.5. The summed E-state index contributed by atoms with van der Waals surface area (Å²) in [5, 5.41) is 29.7. The number of piperidine rings is 2. The van der Waals surface area contributed by atoms with E-state index in [0.717, 1.165) is 81.5 Å². The minimum atomic E-state index is -0.536. The number of benzene rings is 3. The fourth-order valence-corrected chi connectivity index (χ4v) is 7.53. The molecule has 2 fully saturated rings. The van der Waals surface area contributed by atoms with E-state index in [-0.39, 0.29) is 34.6 Å². The Morgan fingerprint density at radius 2 is 1.66 bits per heavy atom. The summed E-state index contributed by atoms with van der Waals surface area (Å²) in [6, 6.07) is 20.8. The van der Waals surface area contributed by atoms with Crippen LogP contribution in [-0.4, -0.2) is 72.9 Å². The van der Waals surface area contributed by atoms with Gasteiger partial charge in [-0.25, -0.2) is 4.39 Å². The van der Waals surface area contributed by atoms with Crippen molar-refractivity contribution in [2.75, 3.05) is 43.0 Å². The molecule has 0 aromatic heterocycles. The molecule has 1 unspecified atom stereocenters. The number of carbonyl (C=O) groups is 2. The van der Waals surface area contributed by atoms with Crippen molar-refractivity contribution in [3.63, 3.8) is 0 Å². The molecule has 6 rings (SSSR count). The molecular formula is C40H45FN6O3. The zero-order valence-electron chi connectivity index (χ0n) is 28.4. The highest BCUT2D eigenvalue weighted by Gasteiger charge is 2.29. The van der Waals surface area contributed by atoms with Gasteiger partial charge in [-0.05, 0) is 117 Å². The average Bonchev–Trinajstić information content (AvgIpc) is 3.52. The third kappa shape index (κ3) is 7.70. The molecule has 0 spiro atoms. The Hall–Kier alpha value is -5.09. The molecule has 3 aliphatic heterocycles. The number of aldehydes is 1. The number of carbonyl (C=O) groups excluding carboxylic acids is 2. The van der Waals surface area contributed by atoms with Gasteiger partial charge in [0.2, 0.25) is 5.91 Å². The molecule has 2 saturated heterocycles. The van der Waals surface area contributed by atoms with Crippen LogP contribution in [0, 0.1) is 16.6 Å². The van der Waals surface area contributed by atoms with Gasteiger partial charge in [-0.3, -0.25) is 10.2 Å². The van der Waals surface area contributed by atoms with Crippen molar-refractivity contribution in [1.82, 2.24) is 10.2 Å². The molecule has 1 atom stereocenters. The van der Waals surface area contributed by atoms with E-state index >= 15 is 0 Å². The van der Waals surface area contributed by atoms with Crippen LogP contribution in [0.4, 0.5) is 15.8 Å². The van der Waals surface area contributed by atoms with Gasteiger partial charge in [0.1, 0.15) is 17.9 Å². The van der Waals surface area contributed by atoms with Crippen LogP contribution in [0.15, 0.2) is 90.8 Å². The Balaban J connectivity index is 1.01. The van der Waals surface area contributed by atoms with E-state index in [9.17, 15) is 19.1 Å². The van der Waals surface area contributed by atoms with Crippen molar-refractivity contribution in [2.45, 2.75) is 56.4 Å². The number of halogens is 1. The van der Waals surface area contributed by atoms with Gasteiger partial charge in [-0.2, -0.15) is 0 Å². The van der Waals surface area contributed by atoms with E-state index in [4.69, 9.17) is 10.8 Å². The number of aromatic hydroxyl groups is 1. The minimum absolute atomic E-state index is 0.0598. The number of likely N-dealkylation sites (N-methyl/N-ethyl adjacent to an activating group) is 1. The Kier molecular flexibility index (Phi) is 10.9. The Morgan fingerprint density at radius 3 is 2.32 bits per heavy atom. The number of nitrogens with one attached hydrogen (secondary N) is 3. The number of phenolic OH excluding ortho intramolecular Hbond substituents is 1. The third-order valence-electron chi connectivity index (χ3n) is 10.4. The Morgan fingerprint density at radius 1 is 0.980 bits per heavy atom. The van der Waals surface area contributed by atoms with Crippen molar-refractivity contribution < 1.29 is 19.1 Å². The molecule has 50 heavy (non-hydrogen) atoms. The van der Waals surface area contributed by atoms with E-state index in [0.29, 0.717) is 30.5 Å². The van der Waals surface area contributed by atoms with E-state index < -0.39 is 5.82 Å². The van der Waals surface area contributed by atoms with Gasteiger partial charge in [-0.15, -0.1) is 0 Å². The summed E-state index contributed by atoms with van der Waals surface area (Å²) in [7, 11) is 1.63. The summed E-state index contributed by atoms with van der Waals surface area (Å²) >= 11 is 0. The number of hydrogen-bond donors (Lipinski definition) is 4. The van der Waals surface area contributed by atoms with E-state index in [1.54, 1.807) is 19.3 Å². The van der Waals surface area contributed by atoms with Gasteiger partial charge in [0, 0.05) is 55.7 Å². The van der Waals surface area contributed by atoms with Gasteiger partial charge in [0.05, 0.1) is 23.0 Å². The van der Waals surface area contributed by atoms with Crippen molar-refractivity contribution >= 4 is 35.0 Å². The summed E-state index contributed by atoms with van der Waals surface area (Å²) in [4.78, 5) is 30.2. The van der Waals surface area contributed by atoms with Gasteiger partial charge >= 0.3 is 0 Å². The standard InChI is InChI=1S/C40H45FN6O3/c1-44-40(50)34(3-2-24-48)29-6-9-31(10-7-29)46-21-16-32(17-22-46)45-19-14-28(15-20-45)27-4-11-33(12-5-27)47-23-18-36(42)38(47)26-37(43)35-25-30(41)8-13-39(35)49/h4-13,18,23-26,28,32,34,42-43,49H,2-3,14-17,19-22H2,1H3,(H,44,50)/b38-26+,42-36?,43-37?. The molecule has 1 amide bonds. The first-order valence-electron chi connectivity index (χ1n) is 17.5. The van der Waals surface area contributed by atoms with Gasteiger partial charge in [-0.1, -0.05) is 24.3 Å². The van der Waals surface area contributed by atoms with Crippen LogP contribution in [0.5, 0.6) is 5.75 Å². The van der Waals surface area contributed by atoms with Crippen LogP contribution in [0.2, 0.25) is 0 Å². The van der Waals surface area contributed by atoms with Crippen LogP contribution in [0.3, 0.4) is 0 Å². The number of hydrogen-bond acceptors (Lipinski definition) is 8. The lowest BCUT2D eigenvalue weighted by molar-refractivity contribution is -0.122.